The first-order valence-corrected chi connectivity index (χ1v) is 9.74. The molecule has 1 aliphatic rings. The standard InChI is InChI=1S/C23H28O6/c1-3-20(24)29-22-21(27-15-18-12-8-5-9-13-18)19(28-23(22)25-2)16-26-14-17-10-6-4-7-11-17/h4-13,19,21-23H,3,14-16H2,1-2H3/t19-,21-,22-,23-/m1/s1/i22D. The Morgan fingerprint density at radius 1 is 1.03 bits per heavy atom. The highest BCUT2D eigenvalue weighted by atomic mass is 16.7. The summed E-state index contributed by atoms with van der Waals surface area (Å²) in [6.45, 7) is 2.47. The van der Waals surface area contributed by atoms with Gasteiger partial charge in [-0.2, -0.15) is 0 Å². The maximum Gasteiger partial charge on any atom is 0.306 e. The zero-order valence-corrected chi connectivity index (χ0v) is 16.8. The summed E-state index contributed by atoms with van der Waals surface area (Å²) in [5.41, 5.74) is 1.96. The van der Waals surface area contributed by atoms with E-state index >= 15 is 0 Å². The number of rotatable bonds is 10. The van der Waals surface area contributed by atoms with Crippen molar-refractivity contribution in [2.75, 3.05) is 13.7 Å². The van der Waals surface area contributed by atoms with Crippen LogP contribution in [0.5, 0.6) is 0 Å². The third kappa shape index (κ3) is 6.11. The van der Waals surface area contributed by atoms with E-state index in [1.54, 1.807) is 6.92 Å². The molecule has 6 nitrogen and oxygen atoms in total. The highest BCUT2D eigenvalue weighted by Gasteiger charge is 2.48. The van der Waals surface area contributed by atoms with Gasteiger partial charge in [-0.1, -0.05) is 67.6 Å². The van der Waals surface area contributed by atoms with Crippen molar-refractivity contribution in [2.24, 2.45) is 0 Å². The average Bonchev–Trinajstić information content (AvgIpc) is 3.04. The Morgan fingerprint density at radius 2 is 1.66 bits per heavy atom. The second-order valence-corrected chi connectivity index (χ2v) is 6.69. The molecule has 0 N–H and O–H groups in total. The van der Waals surface area contributed by atoms with Crippen molar-refractivity contribution in [2.45, 2.75) is 51.1 Å². The molecule has 2 aromatic rings. The van der Waals surface area contributed by atoms with Crippen molar-refractivity contribution in [1.82, 2.24) is 0 Å². The SMILES string of the molecule is [2H][C@]1(OC(=O)CC)[C@H](OC)O[C@H](COCc2ccccc2)[C@H]1OCc1ccccc1. The molecule has 0 aliphatic carbocycles. The number of ether oxygens (including phenoxy) is 5. The Hall–Kier alpha value is -2.25. The molecule has 6 heteroatoms. The lowest BCUT2D eigenvalue weighted by atomic mass is 10.1. The Morgan fingerprint density at radius 3 is 2.24 bits per heavy atom. The molecular weight excluding hydrogens is 372 g/mol. The van der Waals surface area contributed by atoms with Gasteiger partial charge >= 0.3 is 5.97 Å². The lowest BCUT2D eigenvalue weighted by molar-refractivity contribution is -0.182. The quantitative estimate of drug-likeness (QED) is 0.568. The summed E-state index contributed by atoms with van der Waals surface area (Å²) in [6.07, 6.45) is -4.30. The van der Waals surface area contributed by atoms with E-state index in [-0.39, 0.29) is 19.6 Å². The van der Waals surface area contributed by atoms with Gasteiger partial charge in [0, 0.05) is 13.5 Å². The predicted octanol–water partition coefficient (Wildman–Crippen LogP) is 3.48. The fourth-order valence-corrected chi connectivity index (χ4v) is 3.04. The Balaban J connectivity index is 1.73. The minimum absolute atomic E-state index is 0.137. The summed E-state index contributed by atoms with van der Waals surface area (Å²) in [7, 11) is 1.41. The van der Waals surface area contributed by atoms with Crippen molar-refractivity contribution in [3.8, 4) is 0 Å². The fourth-order valence-electron chi connectivity index (χ4n) is 3.04. The predicted molar refractivity (Wildman–Crippen MR) is 107 cm³/mol. The van der Waals surface area contributed by atoms with Gasteiger partial charge in [-0.05, 0) is 11.1 Å². The molecule has 1 heterocycles. The van der Waals surface area contributed by atoms with Gasteiger partial charge in [-0.15, -0.1) is 0 Å². The molecule has 0 bridgehead atoms. The molecule has 0 aromatic heterocycles. The van der Waals surface area contributed by atoms with Crippen LogP contribution in [0.15, 0.2) is 60.7 Å². The summed E-state index contributed by atoms with van der Waals surface area (Å²) in [5.74, 6) is -0.519. The fraction of sp³-hybridized carbons (Fsp3) is 0.435. The van der Waals surface area contributed by atoms with E-state index in [0.717, 1.165) is 11.1 Å². The van der Waals surface area contributed by atoms with Gasteiger partial charge in [-0.3, -0.25) is 4.79 Å². The van der Waals surface area contributed by atoms with E-state index in [0.29, 0.717) is 6.61 Å². The van der Waals surface area contributed by atoms with Gasteiger partial charge in [0.1, 0.15) is 12.2 Å². The third-order valence-electron chi connectivity index (χ3n) is 4.55. The summed E-state index contributed by atoms with van der Waals surface area (Å²) >= 11 is 0. The molecule has 0 radical (unpaired) electrons. The van der Waals surface area contributed by atoms with Gasteiger partial charge in [0.25, 0.3) is 0 Å². The first-order chi connectivity index (χ1) is 14.6. The van der Waals surface area contributed by atoms with Crippen LogP contribution in [0.1, 0.15) is 25.8 Å². The minimum Gasteiger partial charge on any atom is -0.454 e. The molecule has 1 aliphatic heterocycles. The summed E-state index contributed by atoms with van der Waals surface area (Å²) in [6, 6.07) is 19.3. The molecule has 0 spiro atoms. The van der Waals surface area contributed by atoms with E-state index in [9.17, 15) is 4.79 Å². The van der Waals surface area contributed by atoms with Crippen molar-refractivity contribution >= 4 is 5.97 Å². The number of benzene rings is 2. The molecule has 4 atom stereocenters. The number of carbonyl (C=O) groups excluding carboxylic acids is 1. The molecule has 1 saturated heterocycles. The lowest BCUT2D eigenvalue weighted by Crippen LogP contribution is -2.40. The van der Waals surface area contributed by atoms with Gasteiger partial charge in [-0.25, -0.2) is 0 Å². The number of methoxy groups -OCH3 is 1. The molecular formula is C23H28O6. The normalized spacial score (nSPS) is 26.8. The van der Waals surface area contributed by atoms with Crippen molar-refractivity contribution in [1.29, 1.82) is 0 Å². The van der Waals surface area contributed by atoms with E-state index in [4.69, 9.17) is 25.1 Å². The molecule has 0 unspecified atom stereocenters. The number of carbonyl (C=O) groups is 1. The van der Waals surface area contributed by atoms with Crippen LogP contribution in [-0.2, 0) is 41.7 Å². The topological polar surface area (TPSA) is 63.2 Å². The molecule has 156 valence electrons. The van der Waals surface area contributed by atoms with Crippen molar-refractivity contribution in [3.63, 3.8) is 0 Å². The Kier molecular flexibility index (Phi) is 7.65. The van der Waals surface area contributed by atoms with Crippen LogP contribution in [0.4, 0.5) is 0 Å². The maximum absolute atomic E-state index is 12.0. The number of hydrogen-bond acceptors (Lipinski definition) is 6. The second kappa shape index (κ2) is 11.1. The van der Waals surface area contributed by atoms with Gasteiger partial charge in [0.2, 0.25) is 0 Å². The average molecular weight is 401 g/mol. The largest absolute Gasteiger partial charge is 0.454 e. The van der Waals surface area contributed by atoms with Crippen LogP contribution in [0, 0.1) is 0 Å². The van der Waals surface area contributed by atoms with Gasteiger partial charge in [0.05, 0.1) is 21.2 Å². The Labute approximate surface area is 173 Å². The smallest absolute Gasteiger partial charge is 0.306 e. The zero-order valence-electron chi connectivity index (χ0n) is 17.8. The van der Waals surface area contributed by atoms with Crippen LogP contribution in [0.2, 0.25) is 0 Å². The number of esters is 1. The zero-order chi connectivity index (χ0) is 21.4. The van der Waals surface area contributed by atoms with Crippen LogP contribution >= 0.6 is 0 Å². The van der Waals surface area contributed by atoms with E-state index < -0.39 is 30.5 Å². The minimum atomic E-state index is -1.84. The first kappa shape index (κ1) is 20.0. The molecule has 0 saturated carbocycles. The molecule has 3 rings (SSSR count). The first-order valence-electron chi connectivity index (χ1n) is 10.2. The van der Waals surface area contributed by atoms with Crippen LogP contribution < -0.4 is 0 Å². The van der Waals surface area contributed by atoms with Gasteiger partial charge in [0.15, 0.2) is 12.4 Å². The number of hydrogen-bond donors (Lipinski definition) is 0. The maximum atomic E-state index is 12.0. The monoisotopic (exact) mass is 401 g/mol. The molecule has 1 fully saturated rings. The van der Waals surface area contributed by atoms with E-state index in [1.165, 1.54) is 7.11 Å². The molecule has 0 amide bonds. The summed E-state index contributed by atoms with van der Waals surface area (Å²) < 4.78 is 37.4. The van der Waals surface area contributed by atoms with E-state index in [2.05, 4.69) is 0 Å². The van der Waals surface area contributed by atoms with Crippen LogP contribution in [-0.4, -0.2) is 44.3 Å². The highest BCUT2D eigenvalue weighted by molar-refractivity contribution is 5.69. The molecule has 2 aromatic carbocycles. The second-order valence-electron chi connectivity index (χ2n) is 6.69. The van der Waals surface area contributed by atoms with Crippen LogP contribution in [0.25, 0.3) is 0 Å². The van der Waals surface area contributed by atoms with E-state index in [1.807, 2.05) is 60.7 Å². The van der Waals surface area contributed by atoms with Crippen LogP contribution in [0.3, 0.4) is 0 Å². The summed E-state index contributed by atoms with van der Waals surface area (Å²) in [4.78, 5) is 12.0. The lowest BCUT2D eigenvalue weighted by Gasteiger charge is -2.24. The molecule has 29 heavy (non-hydrogen) atoms. The Bertz CT molecular complexity index is 787. The van der Waals surface area contributed by atoms with Gasteiger partial charge < -0.3 is 23.7 Å². The highest BCUT2D eigenvalue weighted by Crippen LogP contribution is 2.29. The summed E-state index contributed by atoms with van der Waals surface area (Å²) in [5, 5.41) is 0. The van der Waals surface area contributed by atoms with Crippen molar-refractivity contribution in [3.05, 3.63) is 71.8 Å². The third-order valence-corrected chi connectivity index (χ3v) is 4.55. The van der Waals surface area contributed by atoms with Crippen molar-refractivity contribution < 1.29 is 29.8 Å².